The molecule has 0 radical (unpaired) electrons. The lowest BCUT2D eigenvalue weighted by Gasteiger charge is -2.34. The molecule has 2 aromatic rings. The molecule has 0 aromatic heterocycles. The van der Waals surface area contributed by atoms with Crippen LogP contribution >= 0.6 is 23.8 Å². The number of piperazine rings is 1. The fourth-order valence-corrected chi connectivity index (χ4v) is 3.60. The Bertz CT molecular complexity index is 883. The van der Waals surface area contributed by atoms with Crippen LogP contribution in [0.5, 0.6) is 0 Å². The van der Waals surface area contributed by atoms with Crippen molar-refractivity contribution in [2.75, 3.05) is 50.1 Å². The maximum Gasteiger partial charge on any atom is 0.339 e. The van der Waals surface area contributed by atoms with E-state index in [0.29, 0.717) is 34.5 Å². The largest absolute Gasteiger partial charge is 0.462 e. The van der Waals surface area contributed by atoms with E-state index in [0.717, 1.165) is 31.7 Å². The van der Waals surface area contributed by atoms with E-state index in [1.165, 1.54) is 5.69 Å². The monoisotopic (exact) mass is 446 g/mol. The molecule has 0 spiro atoms. The van der Waals surface area contributed by atoms with Crippen molar-refractivity contribution in [3.8, 4) is 0 Å². The zero-order valence-corrected chi connectivity index (χ0v) is 18.9. The van der Waals surface area contributed by atoms with Crippen LogP contribution in [0.15, 0.2) is 42.5 Å². The van der Waals surface area contributed by atoms with Gasteiger partial charge >= 0.3 is 5.97 Å². The summed E-state index contributed by atoms with van der Waals surface area (Å²) in [6.07, 6.45) is 0. The minimum Gasteiger partial charge on any atom is -0.462 e. The molecule has 1 fully saturated rings. The highest BCUT2D eigenvalue weighted by atomic mass is 35.5. The number of nitrogens with zero attached hydrogens (tertiary/aromatic N) is 2. The summed E-state index contributed by atoms with van der Waals surface area (Å²) in [6, 6.07) is 13.6. The fraction of sp³-hybridized carbons (Fsp3) is 0.364. The van der Waals surface area contributed by atoms with Crippen LogP contribution in [0.1, 0.15) is 22.8 Å². The minimum atomic E-state index is -0.453. The number of likely N-dealkylation sites (N-methyl/N-ethyl adjacent to an activating group) is 1. The lowest BCUT2D eigenvalue weighted by Crippen LogP contribution is -2.44. The van der Waals surface area contributed by atoms with Gasteiger partial charge in [-0.2, -0.15) is 0 Å². The van der Waals surface area contributed by atoms with Crippen LogP contribution in [0.3, 0.4) is 0 Å². The van der Waals surface area contributed by atoms with Crippen LogP contribution in [0, 0.1) is 0 Å². The molecule has 0 unspecified atom stereocenters. The number of hydrogen-bond acceptors (Lipinski definition) is 5. The molecular formula is C22H27ClN4O2S. The number of carbonyl (C=O) groups excluding carboxylic acids is 1. The average Bonchev–Trinajstić information content (AvgIpc) is 2.75. The Kier molecular flexibility index (Phi) is 7.90. The van der Waals surface area contributed by atoms with Gasteiger partial charge in [-0.3, -0.25) is 0 Å². The van der Waals surface area contributed by atoms with E-state index >= 15 is 0 Å². The molecular weight excluding hydrogens is 420 g/mol. The van der Waals surface area contributed by atoms with Crippen LogP contribution in [-0.2, 0) is 11.3 Å². The molecule has 8 heteroatoms. The minimum absolute atomic E-state index is 0.292. The summed E-state index contributed by atoms with van der Waals surface area (Å²) in [4.78, 5) is 16.7. The van der Waals surface area contributed by atoms with Crippen LogP contribution in [0.2, 0.25) is 5.02 Å². The zero-order valence-electron chi connectivity index (χ0n) is 17.3. The average molecular weight is 447 g/mol. The van der Waals surface area contributed by atoms with Crippen molar-refractivity contribution < 1.29 is 9.53 Å². The molecule has 0 aliphatic carbocycles. The Balaban J connectivity index is 1.52. The maximum atomic E-state index is 12.0. The van der Waals surface area contributed by atoms with Crippen molar-refractivity contribution in [1.29, 1.82) is 0 Å². The van der Waals surface area contributed by atoms with Crippen molar-refractivity contribution >= 4 is 46.3 Å². The maximum absolute atomic E-state index is 12.0. The number of hydrogen-bond donors (Lipinski definition) is 2. The van der Waals surface area contributed by atoms with Gasteiger partial charge in [0.25, 0.3) is 0 Å². The normalized spacial score (nSPS) is 14.3. The number of thiocarbonyl (C=S) groups is 1. The molecule has 1 saturated heterocycles. The van der Waals surface area contributed by atoms with Crippen LogP contribution in [0.4, 0.5) is 11.4 Å². The van der Waals surface area contributed by atoms with Gasteiger partial charge in [0.2, 0.25) is 0 Å². The summed E-state index contributed by atoms with van der Waals surface area (Å²) in [5, 5.41) is 7.09. The van der Waals surface area contributed by atoms with Gasteiger partial charge in [-0.25, -0.2) is 4.79 Å². The molecule has 160 valence electrons. The van der Waals surface area contributed by atoms with E-state index < -0.39 is 5.97 Å². The second-order valence-corrected chi connectivity index (χ2v) is 7.99. The zero-order chi connectivity index (χ0) is 21.5. The summed E-state index contributed by atoms with van der Waals surface area (Å²) in [5.41, 5.74) is 3.37. The molecule has 2 N–H and O–H groups in total. The van der Waals surface area contributed by atoms with Gasteiger partial charge in [0.15, 0.2) is 5.11 Å². The molecule has 0 bridgehead atoms. The third-order valence-corrected chi connectivity index (χ3v) is 5.55. The summed E-state index contributed by atoms with van der Waals surface area (Å²) in [5.74, 6) is -0.453. The first kappa shape index (κ1) is 22.3. The quantitative estimate of drug-likeness (QED) is 0.517. The smallest absolute Gasteiger partial charge is 0.339 e. The lowest BCUT2D eigenvalue weighted by atomic mass is 10.2. The first-order valence-electron chi connectivity index (χ1n) is 10.00. The highest BCUT2D eigenvalue weighted by Crippen LogP contribution is 2.22. The number of rotatable bonds is 6. The van der Waals surface area contributed by atoms with Crippen LogP contribution in [-0.4, -0.2) is 55.8 Å². The summed E-state index contributed by atoms with van der Waals surface area (Å²) >= 11 is 11.5. The molecule has 30 heavy (non-hydrogen) atoms. The van der Waals surface area contributed by atoms with Crippen molar-refractivity contribution in [2.45, 2.75) is 13.5 Å². The summed E-state index contributed by atoms with van der Waals surface area (Å²) < 4.78 is 5.03. The van der Waals surface area contributed by atoms with Gasteiger partial charge in [-0.1, -0.05) is 23.7 Å². The Morgan fingerprint density at radius 2 is 1.83 bits per heavy atom. The Morgan fingerprint density at radius 3 is 2.50 bits per heavy atom. The van der Waals surface area contributed by atoms with Crippen LogP contribution < -0.4 is 15.5 Å². The third kappa shape index (κ3) is 6.08. The van der Waals surface area contributed by atoms with Gasteiger partial charge in [0.1, 0.15) is 0 Å². The van der Waals surface area contributed by atoms with Gasteiger partial charge in [-0.15, -0.1) is 0 Å². The van der Waals surface area contributed by atoms with Crippen molar-refractivity contribution in [3.05, 3.63) is 58.6 Å². The predicted molar refractivity (Wildman–Crippen MR) is 127 cm³/mol. The molecule has 3 rings (SSSR count). The predicted octanol–water partition coefficient (Wildman–Crippen LogP) is 3.76. The van der Waals surface area contributed by atoms with E-state index in [1.807, 2.05) is 0 Å². The topological polar surface area (TPSA) is 56.8 Å². The van der Waals surface area contributed by atoms with Gasteiger partial charge in [0, 0.05) is 44.1 Å². The highest BCUT2D eigenvalue weighted by Gasteiger charge is 2.14. The van der Waals surface area contributed by atoms with E-state index in [9.17, 15) is 4.79 Å². The van der Waals surface area contributed by atoms with E-state index in [2.05, 4.69) is 51.7 Å². The molecule has 1 heterocycles. The van der Waals surface area contributed by atoms with Crippen molar-refractivity contribution in [1.82, 2.24) is 10.2 Å². The molecule has 0 amide bonds. The van der Waals surface area contributed by atoms with Gasteiger partial charge < -0.3 is 25.2 Å². The third-order valence-electron chi connectivity index (χ3n) is 4.98. The molecule has 6 nitrogen and oxygen atoms in total. The van der Waals surface area contributed by atoms with Gasteiger partial charge in [0.05, 0.1) is 17.2 Å². The second-order valence-electron chi connectivity index (χ2n) is 7.18. The van der Waals surface area contributed by atoms with E-state index in [1.54, 1.807) is 25.1 Å². The molecule has 0 saturated carbocycles. The number of esters is 1. The number of carbonyl (C=O) groups is 1. The van der Waals surface area contributed by atoms with Gasteiger partial charge in [-0.05, 0) is 62.1 Å². The molecule has 1 aliphatic heterocycles. The highest BCUT2D eigenvalue weighted by molar-refractivity contribution is 7.80. The SMILES string of the molecule is CCOC(=O)c1cc(NC(=S)NCc2ccc(N3CCN(C)CC3)cc2)ccc1Cl. The number of anilines is 2. The van der Waals surface area contributed by atoms with E-state index in [-0.39, 0.29) is 0 Å². The summed E-state index contributed by atoms with van der Waals surface area (Å²) in [7, 11) is 2.16. The van der Waals surface area contributed by atoms with E-state index in [4.69, 9.17) is 28.6 Å². The number of halogens is 1. The van der Waals surface area contributed by atoms with Crippen LogP contribution in [0.25, 0.3) is 0 Å². The fourth-order valence-electron chi connectivity index (χ4n) is 3.22. The lowest BCUT2D eigenvalue weighted by molar-refractivity contribution is 0.0526. The van der Waals surface area contributed by atoms with Crippen molar-refractivity contribution in [3.63, 3.8) is 0 Å². The number of benzene rings is 2. The Hall–Kier alpha value is -2.35. The summed E-state index contributed by atoms with van der Waals surface area (Å²) in [6.45, 7) is 6.93. The van der Waals surface area contributed by atoms with Crippen molar-refractivity contribution in [2.24, 2.45) is 0 Å². The first-order chi connectivity index (χ1) is 14.5. The standard InChI is InChI=1S/C22H27ClN4O2S/c1-3-29-21(28)19-14-17(6-9-20(19)23)25-22(30)24-15-16-4-7-18(8-5-16)27-12-10-26(2)11-13-27/h4-9,14H,3,10-13,15H2,1-2H3,(H2,24,25,30). The molecule has 1 aliphatic rings. The second kappa shape index (κ2) is 10.6. The number of ether oxygens (including phenoxy) is 1. The Labute approximate surface area is 188 Å². The molecule has 0 atom stereocenters. The number of nitrogens with one attached hydrogen (secondary N) is 2. The Morgan fingerprint density at radius 1 is 1.13 bits per heavy atom. The molecule has 2 aromatic carbocycles. The first-order valence-corrected chi connectivity index (χ1v) is 10.8.